The molecule has 10 heteroatoms. The Morgan fingerprint density at radius 2 is 0.971 bits per heavy atom. The first-order valence-corrected chi connectivity index (χ1v) is 9.93. The van der Waals surface area contributed by atoms with Crippen molar-refractivity contribution in [2.24, 2.45) is 0 Å². The molecule has 174 valence electrons. The van der Waals surface area contributed by atoms with Crippen LogP contribution in [0.1, 0.15) is 41.4 Å². The second-order valence-corrected chi connectivity index (χ2v) is 7.01. The molecule has 3 rings (SSSR count). The number of nitrogens with one attached hydrogen (secondary N) is 2. The maximum Gasteiger partial charge on any atom is 0.338 e. The largest absolute Gasteiger partial charge is 0.465 e. The molecule has 0 aliphatic rings. The fraction of sp³-hybridized carbons (Fsp3) is 0.0833. The second-order valence-electron chi connectivity index (χ2n) is 7.01. The zero-order valence-electron chi connectivity index (χ0n) is 18.4. The van der Waals surface area contributed by atoms with Crippen LogP contribution >= 0.6 is 0 Å². The van der Waals surface area contributed by atoms with E-state index in [0.29, 0.717) is 22.7 Å². The Morgan fingerprint density at radius 3 is 1.29 bits per heavy atom. The fourth-order valence-electron chi connectivity index (χ4n) is 3.13. The van der Waals surface area contributed by atoms with Gasteiger partial charge in [0.25, 0.3) is 11.8 Å². The average molecular weight is 462 g/mol. The lowest BCUT2D eigenvalue weighted by atomic mass is 9.96. The third-order valence-electron chi connectivity index (χ3n) is 4.88. The smallest absolute Gasteiger partial charge is 0.338 e. The molecule has 0 saturated heterocycles. The van der Waals surface area contributed by atoms with Crippen LogP contribution in [0.5, 0.6) is 0 Å². The van der Waals surface area contributed by atoms with E-state index in [-0.39, 0.29) is 22.3 Å². The summed E-state index contributed by atoms with van der Waals surface area (Å²) in [5.74, 6) is -3.28. The summed E-state index contributed by atoms with van der Waals surface area (Å²) in [4.78, 5) is 51.1. The highest BCUT2D eigenvalue weighted by Crippen LogP contribution is 2.25. The zero-order chi connectivity index (χ0) is 24.8. The molecule has 0 atom stereocenters. The van der Waals surface area contributed by atoms with Crippen molar-refractivity contribution in [2.75, 3.05) is 36.3 Å². The first kappa shape index (κ1) is 23.8. The van der Waals surface area contributed by atoms with Crippen LogP contribution in [-0.4, -0.2) is 38.0 Å². The maximum atomic E-state index is 13.0. The van der Waals surface area contributed by atoms with Crippen molar-refractivity contribution in [3.63, 3.8) is 0 Å². The number of methoxy groups -OCH3 is 2. The summed E-state index contributed by atoms with van der Waals surface area (Å²) >= 11 is 0. The van der Waals surface area contributed by atoms with E-state index >= 15 is 0 Å². The van der Waals surface area contributed by atoms with Crippen LogP contribution in [0.15, 0.2) is 60.7 Å². The lowest BCUT2D eigenvalue weighted by Crippen LogP contribution is -2.23. The van der Waals surface area contributed by atoms with E-state index < -0.39 is 23.8 Å². The molecule has 3 aromatic carbocycles. The predicted molar refractivity (Wildman–Crippen MR) is 127 cm³/mol. The molecule has 6 N–H and O–H groups in total. The third-order valence-corrected chi connectivity index (χ3v) is 4.88. The van der Waals surface area contributed by atoms with Crippen molar-refractivity contribution in [1.29, 1.82) is 0 Å². The van der Waals surface area contributed by atoms with Crippen molar-refractivity contribution >= 4 is 46.5 Å². The minimum atomic E-state index is -0.893. The van der Waals surface area contributed by atoms with Gasteiger partial charge in [-0.2, -0.15) is 0 Å². The summed E-state index contributed by atoms with van der Waals surface area (Å²) in [5.41, 5.74) is 12.0. The first-order chi connectivity index (χ1) is 16.3. The van der Waals surface area contributed by atoms with Gasteiger partial charge in [-0.25, -0.2) is 9.59 Å². The lowest BCUT2D eigenvalue weighted by molar-refractivity contribution is 0.0583. The van der Waals surface area contributed by atoms with Crippen LogP contribution in [0, 0.1) is 0 Å². The molecule has 0 unspecified atom stereocenters. The number of carbonyl (C=O) groups is 4. The molecule has 0 saturated carbocycles. The molecule has 0 aromatic heterocycles. The molecule has 0 fully saturated rings. The van der Waals surface area contributed by atoms with Gasteiger partial charge in [-0.1, -0.05) is 24.3 Å². The number of hydrogen-bond acceptors (Lipinski definition) is 8. The number of amides is 2. The standard InChI is InChI=1S/C24H22N4O6/c1-33-23(31)15-11-14(22(30)28-20-10-6-4-8-18(20)26)16(24(32)34-2)12-13(15)21(29)27-19-9-5-3-7-17(19)25/h3-12H,25-26H2,1-2H3,(H,27,29)(H,28,30). The molecule has 0 radical (unpaired) electrons. The molecule has 0 spiro atoms. The Kier molecular flexibility index (Phi) is 7.12. The first-order valence-electron chi connectivity index (χ1n) is 9.93. The normalized spacial score (nSPS) is 10.2. The van der Waals surface area contributed by atoms with Crippen LogP contribution in [0.2, 0.25) is 0 Å². The highest BCUT2D eigenvalue weighted by atomic mass is 16.5. The molecule has 34 heavy (non-hydrogen) atoms. The van der Waals surface area contributed by atoms with Crippen LogP contribution in [0.4, 0.5) is 22.7 Å². The van der Waals surface area contributed by atoms with Gasteiger partial charge in [0.15, 0.2) is 0 Å². The molecule has 3 aromatic rings. The molecule has 0 aliphatic heterocycles. The molecule has 2 amide bonds. The minimum Gasteiger partial charge on any atom is -0.465 e. The Hall–Kier alpha value is -4.86. The molecule has 0 heterocycles. The predicted octanol–water partition coefficient (Wildman–Crippen LogP) is 2.93. The number of anilines is 4. The zero-order valence-corrected chi connectivity index (χ0v) is 18.4. The lowest BCUT2D eigenvalue weighted by Gasteiger charge is -2.15. The minimum absolute atomic E-state index is 0.216. The summed E-state index contributed by atoms with van der Waals surface area (Å²) in [6.07, 6.45) is 0. The summed E-state index contributed by atoms with van der Waals surface area (Å²) in [7, 11) is 2.25. The topological polar surface area (TPSA) is 163 Å². The van der Waals surface area contributed by atoms with Gasteiger partial charge in [0.05, 0.1) is 59.2 Å². The molecule has 0 aliphatic carbocycles. The molecular weight excluding hydrogens is 440 g/mol. The van der Waals surface area contributed by atoms with Crippen LogP contribution < -0.4 is 22.1 Å². The van der Waals surface area contributed by atoms with Gasteiger partial charge in [-0.3, -0.25) is 9.59 Å². The third kappa shape index (κ3) is 4.96. The Labute approximate surface area is 194 Å². The van der Waals surface area contributed by atoms with Gasteiger partial charge in [-0.15, -0.1) is 0 Å². The number of para-hydroxylation sites is 4. The monoisotopic (exact) mass is 462 g/mol. The second kappa shape index (κ2) is 10.2. The number of ether oxygens (including phenoxy) is 2. The number of esters is 2. The molecule has 10 nitrogen and oxygen atoms in total. The number of hydrogen-bond donors (Lipinski definition) is 4. The number of rotatable bonds is 6. The SMILES string of the molecule is COC(=O)c1cc(C(=O)Nc2ccccc2N)c(C(=O)OC)cc1C(=O)Nc1ccccc1N. The average Bonchev–Trinajstić information content (AvgIpc) is 2.84. The van der Waals surface area contributed by atoms with Gasteiger partial charge >= 0.3 is 11.9 Å². The highest BCUT2D eigenvalue weighted by Gasteiger charge is 2.27. The van der Waals surface area contributed by atoms with Crippen LogP contribution in [0.25, 0.3) is 0 Å². The Morgan fingerprint density at radius 1 is 0.618 bits per heavy atom. The van der Waals surface area contributed by atoms with E-state index in [9.17, 15) is 19.2 Å². The van der Waals surface area contributed by atoms with E-state index in [0.717, 1.165) is 26.4 Å². The number of carbonyl (C=O) groups excluding carboxylic acids is 4. The van der Waals surface area contributed by atoms with E-state index in [1.54, 1.807) is 48.5 Å². The van der Waals surface area contributed by atoms with E-state index in [2.05, 4.69) is 10.6 Å². The summed E-state index contributed by atoms with van der Waals surface area (Å²) in [6.45, 7) is 0. The van der Waals surface area contributed by atoms with Crippen molar-refractivity contribution < 1.29 is 28.7 Å². The van der Waals surface area contributed by atoms with Gasteiger partial charge in [-0.05, 0) is 36.4 Å². The Bertz CT molecular complexity index is 1190. The number of benzene rings is 3. The van der Waals surface area contributed by atoms with Gasteiger partial charge in [0.2, 0.25) is 0 Å². The van der Waals surface area contributed by atoms with Gasteiger partial charge < -0.3 is 31.6 Å². The molecule has 0 bridgehead atoms. The molecular formula is C24H22N4O6. The summed E-state index contributed by atoms with van der Waals surface area (Å²) < 4.78 is 9.58. The number of nitrogen functional groups attached to an aromatic ring is 2. The van der Waals surface area contributed by atoms with E-state index in [1.165, 1.54) is 0 Å². The summed E-state index contributed by atoms with van der Waals surface area (Å²) in [6, 6.07) is 15.2. The van der Waals surface area contributed by atoms with E-state index in [1.807, 2.05) is 0 Å². The van der Waals surface area contributed by atoms with Gasteiger partial charge in [0, 0.05) is 0 Å². The Balaban J connectivity index is 2.11. The van der Waals surface area contributed by atoms with Crippen molar-refractivity contribution in [3.05, 3.63) is 82.9 Å². The van der Waals surface area contributed by atoms with Crippen molar-refractivity contribution in [3.8, 4) is 0 Å². The van der Waals surface area contributed by atoms with Crippen LogP contribution in [-0.2, 0) is 9.47 Å². The van der Waals surface area contributed by atoms with E-state index in [4.69, 9.17) is 20.9 Å². The van der Waals surface area contributed by atoms with Crippen LogP contribution in [0.3, 0.4) is 0 Å². The van der Waals surface area contributed by atoms with Crippen molar-refractivity contribution in [1.82, 2.24) is 0 Å². The van der Waals surface area contributed by atoms with Gasteiger partial charge in [0.1, 0.15) is 0 Å². The summed E-state index contributed by atoms with van der Waals surface area (Å²) in [5, 5.41) is 5.17. The highest BCUT2D eigenvalue weighted by molar-refractivity contribution is 6.17. The number of nitrogens with two attached hydrogens (primary N) is 2. The maximum absolute atomic E-state index is 13.0. The fourth-order valence-corrected chi connectivity index (χ4v) is 3.13. The quantitative estimate of drug-likeness (QED) is 0.321. The van der Waals surface area contributed by atoms with Crippen molar-refractivity contribution in [2.45, 2.75) is 0 Å².